The van der Waals surface area contributed by atoms with Gasteiger partial charge in [-0.2, -0.15) is 0 Å². The first-order valence-electron chi connectivity index (χ1n) is 4.16. The van der Waals surface area contributed by atoms with Gasteiger partial charge < -0.3 is 4.74 Å². The minimum Gasteiger partial charge on any atom is -0.493 e. The minimum atomic E-state index is -0.260. The van der Waals surface area contributed by atoms with E-state index in [1.165, 1.54) is 12.1 Å². The maximum atomic E-state index is 12.7. The van der Waals surface area contributed by atoms with E-state index in [4.69, 9.17) is 4.74 Å². The quantitative estimate of drug-likeness (QED) is 0.742. The Morgan fingerprint density at radius 3 is 2.92 bits per heavy atom. The lowest BCUT2D eigenvalue weighted by Gasteiger charge is -2.09. The highest BCUT2D eigenvalue weighted by Gasteiger charge is 2.01. The number of halogens is 2. The molecule has 1 unspecified atom stereocenters. The Hall–Kier alpha value is -0.570. The molecule has 0 radical (unpaired) electrons. The lowest BCUT2D eigenvalue weighted by Crippen LogP contribution is -2.09. The van der Waals surface area contributed by atoms with E-state index in [1.807, 2.05) is 0 Å². The number of ether oxygens (including phenoxy) is 1. The van der Waals surface area contributed by atoms with E-state index in [2.05, 4.69) is 22.9 Å². The molecule has 0 aliphatic heterocycles. The number of hydrogen-bond donors (Lipinski definition) is 0. The van der Waals surface area contributed by atoms with Crippen LogP contribution in [-0.4, -0.2) is 11.9 Å². The second-order valence-electron chi connectivity index (χ2n) is 3.03. The normalized spacial score (nSPS) is 12.5. The molecule has 0 fully saturated rings. The second kappa shape index (κ2) is 5.22. The summed E-state index contributed by atoms with van der Waals surface area (Å²) in [6.45, 7) is 2.67. The Kier molecular flexibility index (Phi) is 4.22. The van der Waals surface area contributed by atoms with Gasteiger partial charge in [0.15, 0.2) is 0 Å². The van der Waals surface area contributed by atoms with Crippen molar-refractivity contribution in [3.8, 4) is 5.75 Å². The molecule has 1 rings (SSSR count). The summed E-state index contributed by atoms with van der Waals surface area (Å²) < 4.78 is 18.1. The molecule has 0 bridgehead atoms. The van der Waals surface area contributed by atoms with Gasteiger partial charge >= 0.3 is 0 Å². The van der Waals surface area contributed by atoms with Crippen molar-refractivity contribution < 1.29 is 9.13 Å². The third-order valence-electron chi connectivity index (χ3n) is 1.59. The van der Waals surface area contributed by atoms with Gasteiger partial charge in [0.25, 0.3) is 0 Å². The summed E-state index contributed by atoms with van der Waals surface area (Å²) >= 11 is 3.35. The minimum absolute atomic E-state index is 0.260. The van der Waals surface area contributed by atoms with Crippen LogP contribution >= 0.6 is 15.9 Å². The number of rotatable bonds is 4. The average molecular weight is 247 g/mol. The summed E-state index contributed by atoms with van der Waals surface area (Å²) in [6, 6.07) is 6.19. The fourth-order valence-electron chi connectivity index (χ4n) is 0.840. The molecule has 0 aliphatic carbocycles. The van der Waals surface area contributed by atoms with Crippen molar-refractivity contribution in [2.24, 2.45) is 5.92 Å². The molecular formula is C10H12BrFO. The second-order valence-corrected chi connectivity index (χ2v) is 3.68. The molecule has 0 heterocycles. The van der Waals surface area contributed by atoms with Crippen molar-refractivity contribution in [3.63, 3.8) is 0 Å². The zero-order valence-corrected chi connectivity index (χ0v) is 9.05. The molecule has 0 saturated heterocycles. The van der Waals surface area contributed by atoms with Crippen LogP contribution in [0.1, 0.15) is 6.92 Å². The van der Waals surface area contributed by atoms with E-state index in [9.17, 15) is 4.39 Å². The van der Waals surface area contributed by atoms with Crippen molar-refractivity contribution in [3.05, 3.63) is 30.1 Å². The van der Waals surface area contributed by atoms with Crippen LogP contribution in [-0.2, 0) is 0 Å². The van der Waals surface area contributed by atoms with Crippen LogP contribution in [0, 0.1) is 11.7 Å². The van der Waals surface area contributed by atoms with Crippen LogP contribution in [0.15, 0.2) is 24.3 Å². The topological polar surface area (TPSA) is 9.23 Å². The van der Waals surface area contributed by atoms with Crippen molar-refractivity contribution in [2.45, 2.75) is 6.92 Å². The van der Waals surface area contributed by atoms with Gasteiger partial charge in [0.2, 0.25) is 0 Å². The summed E-state index contributed by atoms with van der Waals surface area (Å²) in [5.74, 6) is 0.764. The van der Waals surface area contributed by atoms with Gasteiger partial charge in [-0.3, -0.25) is 0 Å². The highest BCUT2D eigenvalue weighted by molar-refractivity contribution is 9.09. The van der Waals surface area contributed by atoms with Gasteiger partial charge in [0.05, 0.1) is 6.61 Å². The molecule has 1 aromatic rings. The van der Waals surface area contributed by atoms with E-state index in [0.29, 0.717) is 18.3 Å². The Labute approximate surface area is 86.0 Å². The predicted molar refractivity (Wildman–Crippen MR) is 54.9 cm³/mol. The van der Waals surface area contributed by atoms with Crippen LogP contribution in [0.4, 0.5) is 4.39 Å². The first kappa shape index (κ1) is 10.5. The summed E-state index contributed by atoms with van der Waals surface area (Å²) in [6.07, 6.45) is 0. The predicted octanol–water partition coefficient (Wildman–Crippen LogP) is 3.24. The number of hydrogen-bond acceptors (Lipinski definition) is 1. The molecule has 3 heteroatoms. The zero-order valence-electron chi connectivity index (χ0n) is 7.47. The third kappa shape index (κ3) is 3.77. The molecule has 0 amide bonds. The SMILES string of the molecule is CC(CBr)COc1cccc(F)c1. The molecule has 0 spiro atoms. The Morgan fingerprint density at radius 2 is 2.31 bits per heavy atom. The van der Waals surface area contributed by atoms with Gasteiger partial charge in [0.1, 0.15) is 11.6 Å². The van der Waals surface area contributed by atoms with Gasteiger partial charge in [0, 0.05) is 11.4 Å². The van der Waals surface area contributed by atoms with E-state index in [0.717, 1.165) is 5.33 Å². The number of benzene rings is 1. The summed E-state index contributed by atoms with van der Waals surface area (Å²) in [5, 5.41) is 0.891. The van der Waals surface area contributed by atoms with Gasteiger partial charge in [-0.05, 0) is 18.1 Å². The highest BCUT2D eigenvalue weighted by Crippen LogP contribution is 2.13. The first-order valence-corrected chi connectivity index (χ1v) is 5.29. The first-order chi connectivity index (χ1) is 6.22. The summed E-state index contributed by atoms with van der Waals surface area (Å²) in [5.41, 5.74) is 0. The molecule has 1 atom stereocenters. The van der Waals surface area contributed by atoms with Crippen molar-refractivity contribution in [1.82, 2.24) is 0 Å². The summed E-state index contributed by atoms with van der Waals surface area (Å²) in [7, 11) is 0. The average Bonchev–Trinajstić information content (AvgIpc) is 2.14. The lowest BCUT2D eigenvalue weighted by atomic mass is 10.2. The Bertz CT molecular complexity index is 265. The van der Waals surface area contributed by atoms with Gasteiger partial charge in [-0.1, -0.05) is 28.9 Å². The Balaban J connectivity index is 2.45. The largest absolute Gasteiger partial charge is 0.493 e. The molecule has 1 nitrogen and oxygen atoms in total. The molecular weight excluding hydrogens is 235 g/mol. The molecule has 72 valence electrons. The van der Waals surface area contributed by atoms with E-state index in [1.54, 1.807) is 12.1 Å². The molecule has 13 heavy (non-hydrogen) atoms. The molecule has 0 aliphatic rings. The maximum Gasteiger partial charge on any atom is 0.126 e. The molecule has 0 saturated carbocycles. The van der Waals surface area contributed by atoms with Crippen molar-refractivity contribution in [2.75, 3.05) is 11.9 Å². The van der Waals surface area contributed by atoms with Crippen LogP contribution in [0.3, 0.4) is 0 Å². The standard InChI is InChI=1S/C10H12BrFO/c1-8(6-11)7-13-10-4-2-3-9(12)5-10/h2-5,8H,6-7H2,1H3. The van der Waals surface area contributed by atoms with E-state index >= 15 is 0 Å². The fourth-order valence-corrected chi connectivity index (χ4v) is 1.03. The van der Waals surface area contributed by atoms with Crippen LogP contribution in [0.5, 0.6) is 5.75 Å². The fraction of sp³-hybridized carbons (Fsp3) is 0.400. The summed E-state index contributed by atoms with van der Waals surface area (Å²) in [4.78, 5) is 0. The van der Waals surface area contributed by atoms with Crippen molar-refractivity contribution in [1.29, 1.82) is 0 Å². The van der Waals surface area contributed by atoms with E-state index < -0.39 is 0 Å². The van der Waals surface area contributed by atoms with Crippen LogP contribution in [0.2, 0.25) is 0 Å². The Morgan fingerprint density at radius 1 is 1.54 bits per heavy atom. The molecule has 0 aromatic heterocycles. The smallest absolute Gasteiger partial charge is 0.126 e. The number of alkyl halides is 1. The van der Waals surface area contributed by atoms with E-state index in [-0.39, 0.29) is 5.82 Å². The van der Waals surface area contributed by atoms with Crippen LogP contribution in [0.25, 0.3) is 0 Å². The monoisotopic (exact) mass is 246 g/mol. The van der Waals surface area contributed by atoms with Gasteiger partial charge in [-0.15, -0.1) is 0 Å². The molecule has 0 N–H and O–H groups in total. The van der Waals surface area contributed by atoms with Crippen LogP contribution < -0.4 is 4.74 Å². The van der Waals surface area contributed by atoms with Crippen molar-refractivity contribution >= 4 is 15.9 Å². The third-order valence-corrected chi connectivity index (χ3v) is 2.70. The highest BCUT2D eigenvalue weighted by atomic mass is 79.9. The lowest BCUT2D eigenvalue weighted by molar-refractivity contribution is 0.273. The maximum absolute atomic E-state index is 12.7. The zero-order chi connectivity index (χ0) is 9.68. The molecule has 1 aromatic carbocycles. The van der Waals surface area contributed by atoms with Gasteiger partial charge in [-0.25, -0.2) is 4.39 Å².